The summed E-state index contributed by atoms with van der Waals surface area (Å²) in [5, 5.41) is 3.54. The average Bonchev–Trinajstić information content (AvgIpc) is 2.89. The second-order valence-corrected chi connectivity index (χ2v) is 4.99. The van der Waals surface area contributed by atoms with Gasteiger partial charge in [-0.2, -0.15) is 0 Å². The number of piperidine rings is 1. The standard InChI is InChI=1S/C14H24N2O/c1-13(14-6-11-17-12-14)15-7-5-10-16-8-3-2-4-9-16/h6,11-13,15H,2-5,7-10H2,1H3. The molecule has 0 aliphatic carbocycles. The molecule has 0 bridgehead atoms. The van der Waals surface area contributed by atoms with E-state index < -0.39 is 0 Å². The minimum absolute atomic E-state index is 0.398. The van der Waals surface area contributed by atoms with Crippen LogP contribution in [0.4, 0.5) is 0 Å². The number of nitrogens with zero attached hydrogens (tertiary/aromatic N) is 1. The Morgan fingerprint density at radius 2 is 2.18 bits per heavy atom. The fraction of sp³-hybridized carbons (Fsp3) is 0.714. The van der Waals surface area contributed by atoms with Gasteiger partial charge in [0.05, 0.1) is 12.5 Å². The Morgan fingerprint density at radius 1 is 1.35 bits per heavy atom. The van der Waals surface area contributed by atoms with Gasteiger partial charge in [0.15, 0.2) is 0 Å². The van der Waals surface area contributed by atoms with E-state index >= 15 is 0 Å². The van der Waals surface area contributed by atoms with Crippen molar-refractivity contribution in [3.05, 3.63) is 24.2 Å². The molecule has 1 N–H and O–H groups in total. The van der Waals surface area contributed by atoms with Crippen molar-refractivity contribution in [2.75, 3.05) is 26.2 Å². The summed E-state index contributed by atoms with van der Waals surface area (Å²) in [6.45, 7) is 7.12. The predicted octanol–water partition coefficient (Wildman–Crippen LogP) is 2.81. The van der Waals surface area contributed by atoms with Crippen LogP contribution in [0.5, 0.6) is 0 Å². The van der Waals surface area contributed by atoms with Crippen LogP contribution in [0, 0.1) is 0 Å². The minimum Gasteiger partial charge on any atom is -0.472 e. The average molecular weight is 236 g/mol. The molecule has 2 heterocycles. The molecule has 1 fully saturated rings. The van der Waals surface area contributed by atoms with E-state index in [2.05, 4.69) is 17.1 Å². The van der Waals surface area contributed by atoms with E-state index in [1.807, 2.05) is 12.3 Å². The first-order valence-electron chi connectivity index (χ1n) is 6.84. The first-order valence-corrected chi connectivity index (χ1v) is 6.84. The van der Waals surface area contributed by atoms with Crippen LogP contribution in [-0.4, -0.2) is 31.1 Å². The highest BCUT2D eigenvalue weighted by Crippen LogP contribution is 2.12. The molecule has 17 heavy (non-hydrogen) atoms. The largest absolute Gasteiger partial charge is 0.472 e. The second kappa shape index (κ2) is 6.82. The summed E-state index contributed by atoms with van der Waals surface area (Å²) in [5.74, 6) is 0. The third-order valence-electron chi connectivity index (χ3n) is 3.59. The third-order valence-corrected chi connectivity index (χ3v) is 3.59. The van der Waals surface area contributed by atoms with Gasteiger partial charge in [0.2, 0.25) is 0 Å². The highest BCUT2D eigenvalue weighted by atomic mass is 16.3. The molecule has 1 aromatic rings. The summed E-state index contributed by atoms with van der Waals surface area (Å²) < 4.78 is 5.09. The molecule has 1 aliphatic rings. The molecule has 2 rings (SSSR count). The van der Waals surface area contributed by atoms with Crippen LogP contribution in [0.25, 0.3) is 0 Å². The summed E-state index contributed by atoms with van der Waals surface area (Å²) in [4.78, 5) is 2.59. The maximum absolute atomic E-state index is 5.09. The van der Waals surface area contributed by atoms with E-state index in [0.29, 0.717) is 6.04 Å². The summed E-state index contributed by atoms with van der Waals surface area (Å²) >= 11 is 0. The summed E-state index contributed by atoms with van der Waals surface area (Å²) in [5.41, 5.74) is 1.24. The van der Waals surface area contributed by atoms with Gasteiger partial charge in [-0.25, -0.2) is 0 Å². The van der Waals surface area contributed by atoms with Gasteiger partial charge >= 0.3 is 0 Å². The van der Waals surface area contributed by atoms with Crippen molar-refractivity contribution >= 4 is 0 Å². The molecule has 1 saturated heterocycles. The van der Waals surface area contributed by atoms with E-state index in [9.17, 15) is 0 Å². The monoisotopic (exact) mass is 236 g/mol. The van der Waals surface area contributed by atoms with Crippen LogP contribution in [-0.2, 0) is 0 Å². The van der Waals surface area contributed by atoms with Crippen LogP contribution in [0.3, 0.4) is 0 Å². The normalized spacial score (nSPS) is 19.4. The van der Waals surface area contributed by atoms with Crippen LogP contribution >= 0.6 is 0 Å². The topological polar surface area (TPSA) is 28.4 Å². The van der Waals surface area contributed by atoms with Crippen LogP contribution in [0.15, 0.2) is 23.0 Å². The molecule has 1 aromatic heterocycles. The minimum atomic E-state index is 0.398. The molecule has 96 valence electrons. The zero-order valence-electron chi connectivity index (χ0n) is 10.8. The molecular formula is C14H24N2O. The van der Waals surface area contributed by atoms with Crippen molar-refractivity contribution in [3.8, 4) is 0 Å². The number of nitrogens with one attached hydrogen (secondary N) is 1. The lowest BCUT2D eigenvalue weighted by Crippen LogP contribution is -2.32. The maximum Gasteiger partial charge on any atom is 0.0950 e. The number of hydrogen-bond donors (Lipinski definition) is 1. The zero-order valence-corrected chi connectivity index (χ0v) is 10.8. The van der Waals surface area contributed by atoms with Gasteiger partial charge in [-0.15, -0.1) is 0 Å². The van der Waals surface area contributed by atoms with Crippen molar-refractivity contribution in [2.24, 2.45) is 0 Å². The number of rotatable bonds is 6. The van der Waals surface area contributed by atoms with E-state index in [4.69, 9.17) is 4.42 Å². The van der Waals surface area contributed by atoms with Crippen LogP contribution in [0.1, 0.15) is 44.2 Å². The fourth-order valence-electron chi connectivity index (χ4n) is 2.44. The van der Waals surface area contributed by atoms with Gasteiger partial charge in [-0.1, -0.05) is 6.42 Å². The molecular weight excluding hydrogens is 212 g/mol. The van der Waals surface area contributed by atoms with Gasteiger partial charge in [-0.05, 0) is 58.4 Å². The lowest BCUT2D eigenvalue weighted by Gasteiger charge is -2.26. The van der Waals surface area contributed by atoms with Gasteiger partial charge < -0.3 is 14.6 Å². The fourth-order valence-corrected chi connectivity index (χ4v) is 2.44. The number of hydrogen-bond acceptors (Lipinski definition) is 3. The van der Waals surface area contributed by atoms with E-state index in [-0.39, 0.29) is 0 Å². The second-order valence-electron chi connectivity index (χ2n) is 4.99. The van der Waals surface area contributed by atoms with Crippen molar-refractivity contribution in [2.45, 2.75) is 38.6 Å². The predicted molar refractivity (Wildman–Crippen MR) is 70.0 cm³/mol. The van der Waals surface area contributed by atoms with Gasteiger partial charge in [0, 0.05) is 11.6 Å². The SMILES string of the molecule is CC(NCCCN1CCCCC1)c1ccoc1. The van der Waals surface area contributed by atoms with E-state index in [0.717, 1.165) is 6.54 Å². The van der Waals surface area contributed by atoms with E-state index in [1.165, 1.54) is 50.9 Å². The summed E-state index contributed by atoms with van der Waals surface area (Å²) in [6.07, 6.45) is 9.00. The Morgan fingerprint density at radius 3 is 2.88 bits per heavy atom. The summed E-state index contributed by atoms with van der Waals surface area (Å²) in [6, 6.07) is 2.43. The first-order chi connectivity index (χ1) is 8.36. The summed E-state index contributed by atoms with van der Waals surface area (Å²) in [7, 11) is 0. The van der Waals surface area contributed by atoms with Gasteiger partial charge in [0.1, 0.15) is 0 Å². The van der Waals surface area contributed by atoms with Crippen LogP contribution < -0.4 is 5.32 Å². The molecule has 0 aromatic carbocycles. The maximum atomic E-state index is 5.09. The number of furan rings is 1. The molecule has 0 saturated carbocycles. The lowest BCUT2D eigenvalue weighted by atomic mass is 10.1. The quantitative estimate of drug-likeness (QED) is 0.770. The first kappa shape index (κ1) is 12.7. The zero-order chi connectivity index (χ0) is 11.9. The lowest BCUT2D eigenvalue weighted by molar-refractivity contribution is 0.225. The Labute approximate surface area is 104 Å². The molecule has 1 atom stereocenters. The van der Waals surface area contributed by atoms with Crippen molar-refractivity contribution in [1.82, 2.24) is 10.2 Å². The van der Waals surface area contributed by atoms with Crippen molar-refractivity contribution < 1.29 is 4.42 Å². The van der Waals surface area contributed by atoms with E-state index in [1.54, 1.807) is 6.26 Å². The molecule has 0 spiro atoms. The smallest absolute Gasteiger partial charge is 0.0950 e. The molecule has 3 heteroatoms. The van der Waals surface area contributed by atoms with Crippen LogP contribution in [0.2, 0.25) is 0 Å². The molecule has 3 nitrogen and oxygen atoms in total. The van der Waals surface area contributed by atoms with Gasteiger partial charge in [-0.3, -0.25) is 0 Å². The highest BCUT2D eigenvalue weighted by Gasteiger charge is 2.09. The van der Waals surface area contributed by atoms with Gasteiger partial charge in [0.25, 0.3) is 0 Å². The Hall–Kier alpha value is -0.800. The van der Waals surface area contributed by atoms with Crippen molar-refractivity contribution in [3.63, 3.8) is 0 Å². The number of likely N-dealkylation sites (tertiary alicyclic amines) is 1. The molecule has 0 amide bonds. The molecule has 1 unspecified atom stereocenters. The Bertz CT molecular complexity index is 291. The van der Waals surface area contributed by atoms with Crippen molar-refractivity contribution in [1.29, 1.82) is 0 Å². The highest BCUT2D eigenvalue weighted by molar-refractivity contribution is 5.09. The molecule has 0 radical (unpaired) electrons. The molecule has 1 aliphatic heterocycles. The Balaban J connectivity index is 1.56. The Kier molecular flexibility index (Phi) is 5.08. The third kappa shape index (κ3) is 4.17.